The fourth-order valence-corrected chi connectivity index (χ4v) is 4.29. The minimum Gasteiger partial charge on any atom is -0.342 e. The van der Waals surface area contributed by atoms with E-state index in [1.54, 1.807) is 6.07 Å². The summed E-state index contributed by atoms with van der Waals surface area (Å²) in [6.07, 6.45) is 0. The zero-order chi connectivity index (χ0) is 24.9. The van der Waals surface area contributed by atoms with Crippen LogP contribution < -0.4 is 5.32 Å². The number of nitrogens with one attached hydrogen (secondary N) is 1. The molecule has 4 rings (SSSR count). The molecule has 1 N–H and O–H groups in total. The maximum absolute atomic E-state index is 13.5. The van der Waals surface area contributed by atoms with Gasteiger partial charge < -0.3 is 14.8 Å². The Balaban J connectivity index is 1.61. The second kappa shape index (κ2) is 10.6. The first-order chi connectivity index (χ1) is 16.8. The predicted octanol–water partition coefficient (Wildman–Crippen LogP) is 5.27. The molecule has 2 amide bonds. The van der Waals surface area contributed by atoms with Crippen LogP contribution in [0.4, 0.5) is 0 Å². The normalized spacial score (nSPS) is 12.0. The van der Waals surface area contributed by atoms with E-state index in [-0.39, 0.29) is 30.4 Å². The number of rotatable bonds is 8. The van der Waals surface area contributed by atoms with E-state index in [0.29, 0.717) is 17.9 Å². The Morgan fingerprint density at radius 3 is 2.37 bits per heavy atom. The van der Waals surface area contributed by atoms with Gasteiger partial charge in [-0.3, -0.25) is 9.59 Å². The quantitative estimate of drug-likeness (QED) is 0.383. The highest BCUT2D eigenvalue weighted by atomic mass is 16.2. The summed E-state index contributed by atoms with van der Waals surface area (Å²) in [4.78, 5) is 33.1. The Bertz CT molecular complexity index is 1330. The van der Waals surface area contributed by atoms with Crippen molar-refractivity contribution < 1.29 is 9.59 Å². The van der Waals surface area contributed by atoms with Gasteiger partial charge in [-0.25, -0.2) is 4.98 Å². The van der Waals surface area contributed by atoms with Crippen molar-refractivity contribution in [1.82, 2.24) is 19.8 Å². The van der Waals surface area contributed by atoms with Crippen LogP contribution in [0.5, 0.6) is 0 Å². The molecule has 0 bridgehead atoms. The van der Waals surface area contributed by atoms with Crippen LogP contribution in [0, 0.1) is 6.92 Å². The van der Waals surface area contributed by atoms with Gasteiger partial charge in [-0.15, -0.1) is 0 Å². The van der Waals surface area contributed by atoms with Crippen LogP contribution in [0.2, 0.25) is 0 Å². The van der Waals surface area contributed by atoms with E-state index in [9.17, 15) is 9.59 Å². The van der Waals surface area contributed by atoms with Crippen molar-refractivity contribution in [1.29, 1.82) is 0 Å². The number of nitrogens with zero attached hydrogens (tertiary/aromatic N) is 3. The SMILES string of the molecule is Cc1cccc(C(=O)NC(C)c2nc3ccccc3n2CC(=O)N(Cc2ccccc2)C(C)C)c1. The zero-order valence-corrected chi connectivity index (χ0v) is 20.7. The molecule has 3 aromatic carbocycles. The van der Waals surface area contributed by atoms with Crippen molar-refractivity contribution in [3.63, 3.8) is 0 Å². The molecule has 0 spiro atoms. The van der Waals surface area contributed by atoms with Crippen molar-refractivity contribution >= 4 is 22.8 Å². The minimum absolute atomic E-state index is 0.00506. The summed E-state index contributed by atoms with van der Waals surface area (Å²) >= 11 is 0. The maximum atomic E-state index is 13.5. The highest BCUT2D eigenvalue weighted by Gasteiger charge is 2.24. The van der Waals surface area contributed by atoms with Gasteiger partial charge in [0, 0.05) is 18.2 Å². The summed E-state index contributed by atoms with van der Waals surface area (Å²) in [5.74, 6) is 0.494. The number of hydrogen-bond donors (Lipinski definition) is 1. The lowest BCUT2D eigenvalue weighted by Gasteiger charge is -2.28. The average Bonchev–Trinajstić information content (AvgIpc) is 3.21. The van der Waals surface area contributed by atoms with Gasteiger partial charge in [0.1, 0.15) is 12.4 Å². The Morgan fingerprint density at radius 2 is 1.66 bits per heavy atom. The second-order valence-corrected chi connectivity index (χ2v) is 9.21. The molecule has 0 aliphatic carbocycles. The number of hydrogen-bond acceptors (Lipinski definition) is 3. The Hall–Kier alpha value is -3.93. The number of fused-ring (bicyclic) bond motifs is 1. The van der Waals surface area contributed by atoms with Crippen LogP contribution in [-0.4, -0.2) is 32.3 Å². The summed E-state index contributed by atoms with van der Waals surface area (Å²) in [6.45, 7) is 8.60. The molecule has 1 atom stereocenters. The molecule has 6 heteroatoms. The number of imidazole rings is 1. The van der Waals surface area contributed by atoms with Gasteiger partial charge in [0.25, 0.3) is 5.91 Å². The molecule has 1 heterocycles. The van der Waals surface area contributed by atoms with Crippen LogP contribution >= 0.6 is 0 Å². The number of para-hydroxylation sites is 2. The van der Waals surface area contributed by atoms with Crippen molar-refractivity contribution in [3.8, 4) is 0 Å². The lowest BCUT2D eigenvalue weighted by molar-refractivity contribution is -0.134. The summed E-state index contributed by atoms with van der Waals surface area (Å²) < 4.78 is 1.93. The van der Waals surface area contributed by atoms with Gasteiger partial charge in [0.15, 0.2) is 0 Å². The number of benzene rings is 3. The highest BCUT2D eigenvalue weighted by Crippen LogP contribution is 2.22. The molecular formula is C29H32N4O2. The monoisotopic (exact) mass is 468 g/mol. The fourth-order valence-electron chi connectivity index (χ4n) is 4.29. The molecule has 0 saturated carbocycles. The van der Waals surface area contributed by atoms with Crippen LogP contribution in [0.15, 0.2) is 78.9 Å². The van der Waals surface area contributed by atoms with Gasteiger partial charge >= 0.3 is 0 Å². The van der Waals surface area contributed by atoms with Crippen molar-refractivity contribution in [2.75, 3.05) is 0 Å². The predicted molar refractivity (Wildman–Crippen MR) is 139 cm³/mol. The maximum Gasteiger partial charge on any atom is 0.251 e. The molecule has 0 saturated heterocycles. The van der Waals surface area contributed by atoms with Crippen LogP contribution in [0.1, 0.15) is 54.1 Å². The van der Waals surface area contributed by atoms with Gasteiger partial charge in [-0.1, -0.05) is 60.2 Å². The number of amides is 2. The van der Waals surface area contributed by atoms with Gasteiger partial charge in [0.05, 0.1) is 17.1 Å². The second-order valence-electron chi connectivity index (χ2n) is 9.21. The average molecular weight is 469 g/mol. The zero-order valence-electron chi connectivity index (χ0n) is 20.7. The number of aromatic nitrogens is 2. The molecule has 0 aliphatic heterocycles. The largest absolute Gasteiger partial charge is 0.342 e. The topological polar surface area (TPSA) is 67.2 Å². The lowest BCUT2D eigenvalue weighted by atomic mass is 10.1. The standard InChI is InChI=1S/C29H32N4O2/c1-20(2)32(18-23-12-6-5-7-13-23)27(34)19-33-26-16-9-8-15-25(26)31-28(33)22(4)30-29(35)24-14-10-11-21(3)17-24/h5-17,20,22H,18-19H2,1-4H3,(H,30,35). The van der Waals surface area contributed by atoms with Crippen molar-refractivity contribution in [2.24, 2.45) is 0 Å². The van der Waals surface area contributed by atoms with Gasteiger partial charge in [-0.2, -0.15) is 0 Å². The first-order valence-corrected chi connectivity index (χ1v) is 12.0. The van der Waals surface area contributed by atoms with E-state index in [2.05, 4.69) is 5.32 Å². The first kappa shape index (κ1) is 24.2. The van der Waals surface area contributed by atoms with Crippen LogP contribution in [0.25, 0.3) is 11.0 Å². The summed E-state index contributed by atoms with van der Waals surface area (Å²) in [6, 6.07) is 24.9. The Morgan fingerprint density at radius 1 is 0.943 bits per heavy atom. The molecule has 6 nitrogen and oxygen atoms in total. The third-order valence-electron chi connectivity index (χ3n) is 6.13. The minimum atomic E-state index is -0.384. The van der Waals surface area contributed by atoms with E-state index in [0.717, 1.165) is 22.2 Å². The molecule has 0 fully saturated rings. The molecule has 0 radical (unpaired) electrons. The molecule has 1 unspecified atom stereocenters. The molecule has 35 heavy (non-hydrogen) atoms. The van der Waals surface area contributed by atoms with Gasteiger partial charge in [-0.05, 0) is 57.5 Å². The number of carbonyl (C=O) groups excluding carboxylic acids is 2. The number of carbonyl (C=O) groups is 2. The number of aryl methyl sites for hydroxylation is 1. The summed E-state index contributed by atoms with van der Waals surface area (Å²) in [5.41, 5.74) is 4.38. The van der Waals surface area contributed by atoms with Crippen molar-refractivity contribution in [2.45, 2.75) is 52.9 Å². The Kier molecular flexibility index (Phi) is 7.30. The third-order valence-corrected chi connectivity index (χ3v) is 6.13. The van der Waals surface area contributed by atoms with E-state index >= 15 is 0 Å². The Labute approximate surface area is 206 Å². The third kappa shape index (κ3) is 5.60. The molecular weight excluding hydrogens is 436 g/mol. The van der Waals surface area contributed by atoms with E-state index in [1.165, 1.54) is 0 Å². The molecule has 1 aromatic heterocycles. The molecule has 180 valence electrons. The van der Waals surface area contributed by atoms with Crippen LogP contribution in [0.3, 0.4) is 0 Å². The van der Waals surface area contributed by atoms with Crippen molar-refractivity contribution in [3.05, 3.63) is 101 Å². The summed E-state index contributed by atoms with van der Waals surface area (Å²) in [7, 11) is 0. The summed E-state index contributed by atoms with van der Waals surface area (Å²) in [5, 5.41) is 3.06. The smallest absolute Gasteiger partial charge is 0.251 e. The first-order valence-electron chi connectivity index (χ1n) is 12.0. The van der Waals surface area contributed by atoms with E-state index < -0.39 is 0 Å². The van der Waals surface area contributed by atoms with E-state index in [1.807, 2.05) is 110 Å². The highest BCUT2D eigenvalue weighted by molar-refractivity contribution is 5.94. The van der Waals surface area contributed by atoms with E-state index in [4.69, 9.17) is 4.98 Å². The van der Waals surface area contributed by atoms with Gasteiger partial charge in [0.2, 0.25) is 5.91 Å². The van der Waals surface area contributed by atoms with Crippen LogP contribution in [-0.2, 0) is 17.9 Å². The fraction of sp³-hybridized carbons (Fsp3) is 0.276. The lowest BCUT2D eigenvalue weighted by Crippen LogP contribution is -2.39. The molecule has 4 aromatic rings. The molecule has 0 aliphatic rings.